The fourth-order valence-electron chi connectivity index (χ4n) is 3.47. The smallest absolute Gasteiger partial charge is 0.279 e. The predicted molar refractivity (Wildman–Crippen MR) is 105 cm³/mol. The van der Waals surface area contributed by atoms with Gasteiger partial charge in [-0.25, -0.2) is 4.39 Å². The number of carbonyl (C=O) groups is 2. The molecule has 0 spiro atoms. The van der Waals surface area contributed by atoms with Crippen LogP contribution in [0.1, 0.15) is 24.5 Å². The van der Waals surface area contributed by atoms with Gasteiger partial charge < -0.3 is 10.2 Å². The highest BCUT2D eigenvalue weighted by atomic mass is 19.1. The Balaban J connectivity index is 2.01. The summed E-state index contributed by atoms with van der Waals surface area (Å²) >= 11 is 0. The maximum Gasteiger partial charge on any atom is 0.279 e. The molecule has 0 aliphatic carbocycles. The number of piperazine rings is 1. The third-order valence-corrected chi connectivity index (χ3v) is 5.12. The van der Waals surface area contributed by atoms with Crippen LogP contribution in [0.25, 0.3) is 6.08 Å². The minimum atomic E-state index is -1.15. The van der Waals surface area contributed by atoms with E-state index in [1.165, 1.54) is 13.1 Å². The fraction of sp³-hybridized carbons (Fsp3) is 0.238. The van der Waals surface area contributed by atoms with Gasteiger partial charge in [-0.15, -0.1) is 0 Å². The normalized spacial score (nSPS) is 20.7. The van der Waals surface area contributed by atoms with Crippen LogP contribution in [0.4, 0.5) is 10.1 Å². The van der Waals surface area contributed by atoms with Crippen LogP contribution in [-0.4, -0.2) is 34.2 Å². The highest BCUT2D eigenvalue weighted by Crippen LogP contribution is 2.30. The number of likely N-dealkylation sites (N-methyl/N-ethyl adjacent to an activating group) is 1. The van der Waals surface area contributed by atoms with Crippen LogP contribution in [0.2, 0.25) is 0 Å². The van der Waals surface area contributed by atoms with Crippen molar-refractivity contribution in [2.45, 2.75) is 25.3 Å². The molecule has 7 nitrogen and oxygen atoms in total. The van der Waals surface area contributed by atoms with Gasteiger partial charge in [0.25, 0.3) is 17.5 Å². The quantitative estimate of drug-likeness (QED) is 0.477. The van der Waals surface area contributed by atoms with Gasteiger partial charge in [0.05, 0.1) is 10.5 Å². The average molecular weight is 397 g/mol. The molecule has 0 aromatic heterocycles. The molecule has 2 aromatic carbocycles. The lowest BCUT2D eigenvalue weighted by Crippen LogP contribution is -2.65. The molecule has 1 unspecified atom stereocenters. The number of carbonyl (C=O) groups excluding carboxylic acids is 2. The Kier molecular flexibility index (Phi) is 5.45. The van der Waals surface area contributed by atoms with E-state index in [-0.39, 0.29) is 17.2 Å². The van der Waals surface area contributed by atoms with E-state index in [1.54, 1.807) is 6.92 Å². The van der Waals surface area contributed by atoms with Gasteiger partial charge in [0.1, 0.15) is 17.1 Å². The molecule has 8 heteroatoms. The lowest BCUT2D eigenvalue weighted by Gasteiger charge is -2.41. The molecule has 0 radical (unpaired) electrons. The summed E-state index contributed by atoms with van der Waals surface area (Å²) < 4.78 is 14.2. The molecular weight excluding hydrogens is 377 g/mol. The second kappa shape index (κ2) is 7.83. The summed E-state index contributed by atoms with van der Waals surface area (Å²) in [4.78, 5) is 37.7. The van der Waals surface area contributed by atoms with E-state index >= 15 is 0 Å². The molecule has 1 aliphatic heterocycles. The summed E-state index contributed by atoms with van der Waals surface area (Å²) in [5.41, 5.74) is -1.25. The van der Waals surface area contributed by atoms with E-state index in [4.69, 9.17) is 0 Å². The average Bonchev–Trinajstić information content (AvgIpc) is 2.70. The topological polar surface area (TPSA) is 92.5 Å². The molecule has 2 aromatic rings. The SMILES string of the molecule is CCC1(Cc2ccccc2)NC(=O)/C(=C\c2c(F)cccc2[N+](=O)[O-])N(C)C1=O. The maximum absolute atomic E-state index is 14.2. The number of nitrogens with zero attached hydrogens (tertiary/aromatic N) is 2. The highest BCUT2D eigenvalue weighted by Gasteiger charge is 2.46. The Hall–Kier alpha value is -3.55. The zero-order chi connectivity index (χ0) is 21.2. The number of nitro benzene ring substituents is 1. The van der Waals surface area contributed by atoms with E-state index in [1.807, 2.05) is 30.3 Å². The van der Waals surface area contributed by atoms with Gasteiger partial charge in [-0.1, -0.05) is 43.3 Å². The second-order valence-electron chi connectivity index (χ2n) is 6.88. The number of benzene rings is 2. The summed E-state index contributed by atoms with van der Waals surface area (Å²) in [6, 6.07) is 12.7. The summed E-state index contributed by atoms with van der Waals surface area (Å²) in [6.45, 7) is 1.80. The number of rotatable bonds is 5. The minimum Gasteiger partial charge on any atom is -0.336 e. The summed E-state index contributed by atoms with van der Waals surface area (Å²) in [7, 11) is 1.41. The van der Waals surface area contributed by atoms with Crippen molar-refractivity contribution in [2.24, 2.45) is 0 Å². The van der Waals surface area contributed by atoms with Crippen molar-refractivity contribution in [2.75, 3.05) is 7.05 Å². The summed E-state index contributed by atoms with van der Waals surface area (Å²) in [6.07, 6.45) is 1.69. The molecule has 1 fully saturated rings. The molecule has 1 heterocycles. The minimum absolute atomic E-state index is 0.152. The van der Waals surface area contributed by atoms with Gasteiger partial charge in [-0.3, -0.25) is 19.7 Å². The third kappa shape index (κ3) is 3.73. The van der Waals surface area contributed by atoms with Gasteiger partial charge in [0, 0.05) is 19.5 Å². The van der Waals surface area contributed by atoms with Crippen molar-refractivity contribution >= 4 is 23.6 Å². The van der Waals surface area contributed by atoms with Crippen LogP contribution in [-0.2, 0) is 16.0 Å². The predicted octanol–water partition coefficient (Wildman–Crippen LogP) is 3.05. The molecule has 2 amide bonds. The molecule has 0 saturated carbocycles. The van der Waals surface area contributed by atoms with E-state index in [2.05, 4.69) is 5.32 Å². The molecular formula is C21H20FN3O4. The van der Waals surface area contributed by atoms with E-state index in [0.29, 0.717) is 12.8 Å². The molecule has 1 atom stereocenters. The standard InChI is InChI=1S/C21H20FN3O4/c1-3-21(13-14-8-5-4-6-9-14)20(27)24(2)18(19(26)23-21)12-15-16(22)10-7-11-17(15)25(28)29/h4-12H,3,13H2,1-2H3,(H,23,26)/b18-12+. The van der Waals surface area contributed by atoms with Gasteiger partial charge >= 0.3 is 0 Å². The summed E-state index contributed by atoms with van der Waals surface area (Å²) in [5.74, 6) is -1.81. The second-order valence-corrected chi connectivity index (χ2v) is 6.88. The molecule has 1 saturated heterocycles. The molecule has 1 aliphatic rings. The van der Waals surface area contributed by atoms with Gasteiger partial charge in [0.15, 0.2) is 0 Å². The van der Waals surface area contributed by atoms with Crippen molar-refractivity contribution in [3.05, 3.63) is 81.3 Å². The molecule has 150 valence electrons. The van der Waals surface area contributed by atoms with Crippen molar-refractivity contribution in [3.8, 4) is 0 Å². The van der Waals surface area contributed by atoms with Gasteiger partial charge in [-0.2, -0.15) is 0 Å². The zero-order valence-electron chi connectivity index (χ0n) is 16.0. The van der Waals surface area contributed by atoms with Gasteiger partial charge in [-0.05, 0) is 24.1 Å². The fourth-order valence-corrected chi connectivity index (χ4v) is 3.47. The number of nitro groups is 1. The van der Waals surface area contributed by atoms with Crippen molar-refractivity contribution in [3.63, 3.8) is 0 Å². The number of nitrogens with one attached hydrogen (secondary N) is 1. The van der Waals surface area contributed by atoms with Crippen molar-refractivity contribution in [1.29, 1.82) is 0 Å². The first kappa shape index (κ1) is 20.2. The lowest BCUT2D eigenvalue weighted by molar-refractivity contribution is -0.385. The summed E-state index contributed by atoms with van der Waals surface area (Å²) in [5, 5.41) is 14.0. The number of halogens is 1. The third-order valence-electron chi connectivity index (χ3n) is 5.12. The van der Waals surface area contributed by atoms with Crippen molar-refractivity contribution < 1.29 is 18.9 Å². The first-order valence-electron chi connectivity index (χ1n) is 9.08. The van der Waals surface area contributed by atoms with Crippen LogP contribution in [0.5, 0.6) is 0 Å². The molecule has 3 rings (SSSR count). The lowest BCUT2D eigenvalue weighted by atomic mass is 9.84. The molecule has 0 bridgehead atoms. The monoisotopic (exact) mass is 397 g/mol. The van der Waals surface area contributed by atoms with E-state index in [0.717, 1.165) is 28.7 Å². The first-order valence-corrected chi connectivity index (χ1v) is 9.08. The van der Waals surface area contributed by atoms with E-state index in [9.17, 15) is 24.1 Å². The highest BCUT2D eigenvalue weighted by molar-refractivity contribution is 6.09. The van der Waals surface area contributed by atoms with E-state index < -0.39 is 27.9 Å². The Bertz CT molecular complexity index is 1010. The zero-order valence-corrected chi connectivity index (χ0v) is 16.0. The Morgan fingerprint density at radius 1 is 1.17 bits per heavy atom. The Labute approximate surface area is 167 Å². The molecule has 1 N–H and O–H groups in total. The van der Waals surface area contributed by atoms with Crippen LogP contribution < -0.4 is 5.32 Å². The van der Waals surface area contributed by atoms with Crippen molar-refractivity contribution in [1.82, 2.24) is 10.2 Å². The van der Waals surface area contributed by atoms with Crippen LogP contribution in [0.3, 0.4) is 0 Å². The largest absolute Gasteiger partial charge is 0.336 e. The van der Waals surface area contributed by atoms with Crippen LogP contribution in [0.15, 0.2) is 54.2 Å². The number of hydrogen-bond donors (Lipinski definition) is 1. The Morgan fingerprint density at radius 2 is 1.86 bits per heavy atom. The molecule has 29 heavy (non-hydrogen) atoms. The number of amides is 2. The van der Waals surface area contributed by atoms with Gasteiger partial charge in [0.2, 0.25) is 0 Å². The number of hydrogen-bond acceptors (Lipinski definition) is 4. The van der Waals surface area contributed by atoms with Crippen LogP contribution in [0, 0.1) is 15.9 Å². The maximum atomic E-state index is 14.2. The van der Waals surface area contributed by atoms with Crippen LogP contribution >= 0.6 is 0 Å². The first-order chi connectivity index (χ1) is 13.8. The Morgan fingerprint density at radius 3 is 2.48 bits per heavy atom.